The summed E-state index contributed by atoms with van der Waals surface area (Å²) in [7, 11) is 0. The molecule has 0 unspecified atom stereocenters. The van der Waals surface area contributed by atoms with Crippen LogP contribution in [0.3, 0.4) is 0 Å². The molecule has 1 aromatic heterocycles. The molecule has 1 saturated carbocycles. The Labute approximate surface area is 160 Å². The van der Waals surface area contributed by atoms with E-state index >= 15 is 0 Å². The van der Waals surface area contributed by atoms with Gasteiger partial charge in [-0.25, -0.2) is 4.98 Å². The monoisotopic (exact) mass is 359 g/mol. The molecule has 1 aliphatic rings. The number of nitrogens with zero attached hydrogens (tertiary/aromatic N) is 3. The minimum Gasteiger partial charge on any atom is -0.332 e. The van der Waals surface area contributed by atoms with Gasteiger partial charge in [0, 0.05) is 36.2 Å². The Morgan fingerprint density at radius 1 is 1.04 bits per heavy atom. The quantitative estimate of drug-likeness (QED) is 0.621. The molecule has 0 N–H and O–H groups in total. The highest BCUT2D eigenvalue weighted by Crippen LogP contribution is 2.38. The highest BCUT2D eigenvalue weighted by atomic mass is 16.2. The van der Waals surface area contributed by atoms with Gasteiger partial charge in [0.1, 0.15) is 5.82 Å². The van der Waals surface area contributed by atoms with Crippen molar-refractivity contribution in [2.75, 3.05) is 4.90 Å². The molecule has 1 heterocycles. The summed E-state index contributed by atoms with van der Waals surface area (Å²) in [6.07, 6.45) is 7.75. The molecule has 2 atom stereocenters. The summed E-state index contributed by atoms with van der Waals surface area (Å²) in [4.78, 5) is 19.5. The number of hydrogen-bond donors (Lipinski definition) is 0. The van der Waals surface area contributed by atoms with Gasteiger partial charge in [-0.15, -0.1) is 0 Å². The summed E-state index contributed by atoms with van der Waals surface area (Å²) in [6.45, 7) is 2.05. The Hall–Kier alpha value is -2.88. The van der Waals surface area contributed by atoms with E-state index in [2.05, 4.69) is 15.7 Å². The van der Waals surface area contributed by atoms with Crippen molar-refractivity contribution in [1.82, 2.24) is 9.55 Å². The van der Waals surface area contributed by atoms with E-state index in [1.807, 2.05) is 78.7 Å². The van der Waals surface area contributed by atoms with E-state index in [-0.39, 0.29) is 5.91 Å². The molecule has 1 fully saturated rings. The fourth-order valence-electron chi connectivity index (χ4n) is 4.19. The fraction of sp³-hybridized carbons (Fsp3) is 0.304. The van der Waals surface area contributed by atoms with Crippen LogP contribution in [0.15, 0.2) is 73.1 Å². The largest absolute Gasteiger partial charge is 0.332 e. The van der Waals surface area contributed by atoms with E-state index in [1.54, 1.807) is 0 Å². The Bertz CT molecular complexity index is 849. The van der Waals surface area contributed by atoms with Gasteiger partial charge in [-0.05, 0) is 56.4 Å². The number of amides is 1. The second-order valence-corrected chi connectivity index (χ2v) is 7.32. The van der Waals surface area contributed by atoms with Gasteiger partial charge >= 0.3 is 0 Å². The number of para-hydroxylation sites is 2. The Morgan fingerprint density at radius 2 is 1.67 bits per heavy atom. The molecule has 27 heavy (non-hydrogen) atoms. The average Bonchev–Trinajstić information content (AvgIpc) is 3.32. The molecule has 1 amide bonds. The van der Waals surface area contributed by atoms with E-state index in [0.717, 1.165) is 36.5 Å². The lowest BCUT2D eigenvalue weighted by Gasteiger charge is -2.24. The second-order valence-electron chi connectivity index (χ2n) is 7.32. The van der Waals surface area contributed by atoms with Gasteiger partial charge in [0.2, 0.25) is 5.91 Å². The number of aromatic nitrogens is 2. The summed E-state index contributed by atoms with van der Waals surface area (Å²) in [6, 6.07) is 20.3. The van der Waals surface area contributed by atoms with E-state index in [4.69, 9.17) is 0 Å². The first-order valence-corrected chi connectivity index (χ1v) is 9.65. The van der Waals surface area contributed by atoms with Crippen LogP contribution in [0.4, 0.5) is 11.4 Å². The fourth-order valence-corrected chi connectivity index (χ4v) is 4.19. The maximum atomic E-state index is 13.3. The summed E-state index contributed by atoms with van der Waals surface area (Å²) in [5, 5.41) is 0. The zero-order valence-corrected chi connectivity index (χ0v) is 15.7. The number of imidazole rings is 1. The lowest BCUT2D eigenvalue weighted by Crippen LogP contribution is -2.27. The van der Waals surface area contributed by atoms with Crippen molar-refractivity contribution in [1.29, 1.82) is 0 Å². The minimum atomic E-state index is 0.167. The van der Waals surface area contributed by atoms with Crippen molar-refractivity contribution < 1.29 is 4.79 Å². The number of carbonyl (C=O) groups excluding carboxylic acids is 1. The van der Waals surface area contributed by atoms with Gasteiger partial charge < -0.3 is 4.57 Å². The molecular formula is C23H25N3O. The summed E-state index contributed by atoms with van der Waals surface area (Å²) in [5.41, 5.74) is 1.85. The van der Waals surface area contributed by atoms with Crippen molar-refractivity contribution in [2.24, 2.45) is 5.92 Å². The smallest absolute Gasteiger partial charge is 0.231 e. The van der Waals surface area contributed by atoms with E-state index < -0.39 is 0 Å². The minimum absolute atomic E-state index is 0.167. The number of aryl methyl sites for hydroxylation is 1. The van der Waals surface area contributed by atoms with Crippen LogP contribution in [0, 0.1) is 12.8 Å². The molecule has 2 aromatic carbocycles. The number of benzene rings is 2. The van der Waals surface area contributed by atoms with Gasteiger partial charge in [0.15, 0.2) is 0 Å². The Morgan fingerprint density at radius 3 is 2.22 bits per heavy atom. The van der Waals surface area contributed by atoms with Crippen LogP contribution in [-0.2, 0) is 4.79 Å². The highest BCUT2D eigenvalue weighted by Gasteiger charge is 2.30. The van der Waals surface area contributed by atoms with E-state index in [9.17, 15) is 4.79 Å². The molecule has 4 nitrogen and oxygen atoms in total. The third-order valence-electron chi connectivity index (χ3n) is 5.51. The first kappa shape index (κ1) is 17.5. The van der Waals surface area contributed by atoms with Crippen LogP contribution in [0.2, 0.25) is 0 Å². The van der Waals surface area contributed by atoms with E-state index in [1.165, 1.54) is 0 Å². The maximum absolute atomic E-state index is 13.3. The molecule has 0 radical (unpaired) electrons. The molecule has 0 aliphatic heterocycles. The molecule has 4 rings (SSSR count). The van der Waals surface area contributed by atoms with Crippen LogP contribution in [0.25, 0.3) is 0 Å². The number of rotatable bonds is 5. The van der Waals surface area contributed by atoms with Gasteiger partial charge in [0.05, 0.1) is 0 Å². The lowest BCUT2D eigenvalue weighted by atomic mass is 10.0. The SMILES string of the molecule is Cc1nccn1[C@H]1CC[C@@H](CC(=O)N(c2ccccc2)c2ccccc2)C1. The number of carbonyl (C=O) groups is 1. The topological polar surface area (TPSA) is 38.1 Å². The van der Waals surface area contributed by atoms with Gasteiger partial charge in [-0.2, -0.15) is 0 Å². The zero-order valence-electron chi connectivity index (χ0n) is 15.7. The van der Waals surface area contributed by atoms with Gasteiger partial charge in [-0.3, -0.25) is 9.69 Å². The Kier molecular flexibility index (Phi) is 5.05. The predicted octanol–water partition coefficient (Wildman–Crippen LogP) is 5.29. The molecule has 0 saturated heterocycles. The van der Waals surface area contributed by atoms with Crippen molar-refractivity contribution in [3.63, 3.8) is 0 Å². The first-order chi connectivity index (χ1) is 13.2. The maximum Gasteiger partial charge on any atom is 0.231 e. The predicted molar refractivity (Wildman–Crippen MR) is 108 cm³/mol. The summed E-state index contributed by atoms with van der Waals surface area (Å²) in [5.74, 6) is 1.64. The van der Waals surface area contributed by atoms with Crippen LogP contribution in [0.1, 0.15) is 37.5 Å². The molecule has 0 spiro atoms. The van der Waals surface area contributed by atoms with Gasteiger partial charge in [-0.1, -0.05) is 36.4 Å². The van der Waals surface area contributed by atoms with Gasteiger partial charge in [0.25, 0.3) is 0 Å². The van der Waals surface area contributed by atoms with Crippen molar-refractivity contribution in [2.45, 2.75) is 38.6 Å². The molecular weight excluding hydrogens is 334 g/mol. The summed E-state index contributed by atoms with van der Waals surface area (Å²) < 4.78 is 2.26. The van der Waals surface area contributed by atoms with Crippen molar-refractivity contribution in [3.8, 4) is 0 Å². The number of hydrogen-bond acceptors (Lipinski definition) is 2. The second kappa shape index (κ2) is 7.78. The summed E-state index contributed by atoms with van der Waals surface area (Å²) >= 11 is 0. The van der Waals surface area contributed by atoms with Crippen LogP contribution >= 0.6 is 0 Å². The Balaban J connectivity index is 1.50. The van der Waals surface area contributed by atoms with Crippen molar-refractivity contribution >= 4 is 17.3 Å². The highest BCUT2D eigenvalue weighted by molar-refractivity contribution is 6.00. The molecule has 3 aromatic rings. The number of anilines is 2. The molecule has 138 valence electrons. The average molecular weight is 359 g/mol. The first-order valence-electron chi connectivity index (χ1n) is 9.65. The lowest BCUT2D eigenvalue weighted by molar-refractivity contribution is -0.118. The molecule has 1 aliphatic carbocycles. The van der Waals surface area contributed by atoms with E-state index in [0.29, 0.717) is 18.4 Å². The standard InChI is InChI=1S/C23H25N3O/c1-18-24-14-15-25(18)22-13-12-19(16-22)17-23(27)26(20-8-4-2-5-9-20)21-10-6-3-7-11-21/h2-11,14-15,19,22H,12-13,16-17H2,1H3/t19-,22+/m1/s1. The zero-order chi connectivity index (χ0) is 18.6. The molecule has 0 bridgehead atoms. The third kappa shape index (κ3) is 3.80. The van der Waals surface area contributed by atoms with Crippen LogP contribution in [-0.4, -0.2) is 15.5 Å². The van der Waals surface area contributed by atoms with Crippen LogP contribution in [0.5, 0.6) is 0 Å². The van der Waals surface area contributed by atoms with Crippen LogP contribution < -0.4 is 4.90 Å². The third-order valence-corrected chi connectivity index (χ3v) is 5.51. The van der Waals surface area contributed by atoms with Crippen molar-refractivity contribution in [3.05, 3.63) is 78.9 Å². The normalized spacial score (nSPS) is 19.1. The molecule has 4 heteroatoms.